The van der Waals surface area contributed by atoms with E-state index in [1.54, 1.807) is 6.07 Å². The number of methoxy groups -OCH3 is 1. The average molecular weight is 297 g/mol. The van der Waals surface area contributed by atoms with Crippen molar-refractivity contribution in [1.82, 2.24) is 9.97 Å². The van der Waals surface area contributed by atoms with Gasteiger partial charge >= 0.3 is 0 Å². The second-order valence-electron chi connectivity index (χ2n) is 3.48. The first-order chi connectivity index (χ1) is 9.20. The van der Waals surface area contributed by atoms with E-state index in [2.05, 4.69) is 9.97 Å². The third-order valence-electron chi connectivity index (χ3n) is 2.19. The van der Waals surface area contributed by atoms with Crippen molar-refractivity contribution >= 4 is 28.2 Å². The van der Waals surface area contributed by atoms with Crippen molar-refractivity contribution in [3.63, 3.8) is 0 Å². The largest absolute Gasteiger partial charge is 0.503 e. The zero-order valence-corrected chi connectivity index (χ0v) is 11.5. The Morgan fingerprint density at radius 2 is 2.05 bits per heavy atom. The van der Waals surface area contributed by atoms with E-state index < -0.39 is 0 Å². The van der Waals surface area contributed by atoms with Crippen LogP contribution in [0.1, 0.15) is 5.56 Å². The molecule has 0 radical (unpaired) electrons. The van der Waals surface area contributed by atoms with Gasteiger partial charge in [0, 0.05) is 11.6 Å². The topological polar surface area (TPSA) is 44.2 Å². The number of nitrogens with zero attached hydrogens (tertiary/aromatic N) is 2. The van der Waals surface area contributed by atoms with E-state index in [9.17, 15) is 0 Å². The van der Waals surface area contributed by atoms with Gasteiger partial charge in [-0.15, -0.1) is 0 Å². The fourth-order valence-corrected chi connectivity index (χ4v) is 1.79. The van der Waals surface area contributed by atoms with Crippen LogP contribution in [0.3, 0.4) is 0 Å². The molecule has 0 amide bonds. The van der Waals surface area contributed by atoms with E-state index in [0.717, 1.165) is 0 Å². The summed E-state index contributed by atoms with van der Waals surface area (Å²) in [4.78, 5) is 7.76. The first kappa shape index (κ1) is 13.6. The molecule has 0 N–H and O–H groups in total. The van der Waals surface area contributed by atoms with Gasteiger partial charge in [-0.1, -0.05) is 35.3 Å². The molecule has 0 saturated heterocycles. The Morgan fingerprint density at radius 3 is 2.79 bits per heavy atom. The molecule has 0 unspecified atom stereocenters. The third kappa shape index (κ3) is 3.59. The van der Waals surface area contributed by atoms with Crippen LogP contribution in [0.5, 0.6) is 11.6 Å². The van der Waals surface area contributed by atoms with Gasteiger partial charge in [-0.2, -0.15) is 0 Å². The van der Waals surface area contributed by atoms with Crippen molar-refractivity contribution < 1.29 is 9.47 Å². The lowest BCUT2D eigenvalue weighted by Gasteiger charge is -2.09. The molecule has 0 aliphatic rings. The highest BCUT2D eigenvalue weighted by Gasteiger charge is 2.09. The maximum absolute atomic E-state index is 6.11. The van der Waals surface area contributed by atoms with E-state index in [-0.39, 0.29) is 0 Å². The van der Waals surface area contributed by atoms with Crippen LogP contribution in [0.25, 0.3) is 5.03 Å². The van der Waals surface area contributed by atoms with Crippen LogP contribution in [0, 0.1) is 0 Å². The minimum absolute atomic E-state index is 0.306. The van der Waals surface area contributed by atoms with Crippen LogP contribution in [0.2, 0.25) is 5.15 Å². The van der Waals surface area contributed by atoms with Crippen molar-refractivity contribution in [2.45, 2.75) is 0 Å². The molecule has 0 saturated carbocycles. The predicted octanol–water partition coefficient (Wildman–Crippen LogP) is 4.11. The monoisotopic (exact) mass is 296 g/mol. The Bertz CT molecular complexity index is 603. The number of hydrogen-bond donors (Lipinski definition) is 0. The molecule has 2 aromatic rings. The fourth-order valence-electron chi connectivity index (χ4n) is 1.41. The van der Waals surface area contributed by atoms with Gasteiger partial charge in [0.25, 0.3) is 0 Å². The quantitative estimate of drug-likeness (QED) is 0.629. The first-order valence-corrected chi connectivity index (χ1v) is 6.09. The molecule has 0 spiro atoms. The van der Waals surface area contributed by atoms with Gasteiger partial charge in [-0.25, -0.2) is 9.97 Å². The van der Waals surface area contributed by atoms with E-state index in [4.69, 9.17) is 32.7 Å². The minimum Gasteiger partial charge on any atom is -0.503 e. The van der Waals surface area contributed by atoms with Crippen LogP contribution >= 0.6 is 23.2 Å². The Hall–Kier alpha value is -1.78. The van der Waals surface area contributed by atoms with E-state index in [0.29, 0.717) is 27.4 Å². The summed E-state index contributed by atoms with van der Waals surface area (Å²) >= 11 is 11.9. The van der Waals surface area contributed by atoms with Crippen molar-refractivity contribution in [2.24, 2.45) is 0 Å². The Balaban J connectivity index is 2.33. The van der Waals surface area contributed by atoms with E-state index in [1.165, 1.54) is 25.8 Å². The summed E-state index contributed by atoms with van der Waals surface area (Å²) in [6, 6.07) is 8.79. The highest BCUT2D eigenvalue weighted by Crippen LogP contribution is 2.31. The first-order valence-electron chi connectivity index (χ1n) is 5.34. The van der Waals surface area contributed by atoms with Crippen molar-refractivity contribution in [1.29, 1.82) is 0 Å². The van der Waals surface area contributed by atoms with Gasteiger partial charge in [0.05, 0.1) is 12.1 Å². The summed E-state index contributed by atoms with van der Waals surface area (Å²) in [5.41, 5.74) is 0.695. The maximum atomic E-state index is 6.11. The van der Waals surface area contributed by atoms with Crippen molar-refractivity contribution in [2.75, 3.05) is 7.11 Å². The van der Waals surface area contributed by atoms with Crippen LogP contribution < -0.4 is 4.74 Å². The lowest BCUT2D eigenvalue weighted by Crippen LogP contribution is -1.92. The molecule has 2 rings (SSSR count). The molecule has 0 atom stereocenters. The van der Waals surface area contributed by atoms with Crippen molar-refractivity contribution in [3.8, 4) is 11.6 Å². The molecule has 0 aliphatic carbocycles. The number of ether oxygens (including phenoxy) is 2. The predicted molar refractivity (Wildman–Crippen MR) is 74.4 cm³/mol. The van der Waals surface area contributed by atoms with Crippen molar-refractivity contribution in [3.05, 3.63) is 53.6 Å². The van der Waals surface area contributed by atoms with Gasteiger partial charge in [0.2, 0.25) is 5.88 Å². The lowest BCUT2D eigenvalue weighted by atomic mass is 10.2. The third-order valence-corrected chi connectivity index (χ3v) is 2.69. The van der Waals surface area contributed by atoms with E-state index >= 15 is 0 Å². The molecule has 0 fully saturated rings. The number of benzene rings is 1. The number of para-hydroxylation sites is 1. The summed E-state index contributed by atoms with van der Waals surface area (Å²) in [6.07, 6.45) is 2.75. The number of hydrogen-bond acceptors (Lipinski definition) is 4. The zero-order chi connectivity index (χ0) is 13.7. The fraction of sp³-hybridized carbons (Fsp3) is 0.0769. The van der Waals surface area contributed by atoms with Gasteiger partial charge in [0.15, 0.2) is 0 Å². The lowest BCUT2D eigenvalue weighted by molar-refractivity contribution is 0.340. The normalized spacial score (nSPS) is 11.2. The van der Waals surface area contributed by atoms with Crippen LogP contribution in [-0.2, 0) is 4.74 Å². The molecule has 0 bridgehead atoms. The van der Waals surface area contributed by atoms with Crippen LogP contribution in [-0.4, -0.2) is 17.1 Å². The molecular formula is C13H10Cl2N2O2. The molecular weight excluding hydrogens is 287 g/mol. The van der Waals surface area contributed by atoms with Gasteiger partial charge in [-0.3, -0.25) is 0 Å². The second kappa shape index (κ2) is 6.41. The van der Waals surface area contributed by atoms with Crippen LogP contribution in [0.4, 0.5) is 0 Å². The molecule has 4 nitrogen and oxygen atoms in total. The summed E-state index contributed by atoms with van der Waals surface area (Å²) in [7, 11) is 1.52. The van der Waals surface area contributed by atoms with E-state index in [1.807, 2.05) is 18.2 Å². The standard InChI is InChI=1S/C13H10Cl2N2O2/c1-18-7-10(14)9-4-2-3-5-11(9)19-13-6-12(15)16-8-17-13/h2-8H,1H3/b10-7+. The Labute approximate surface area is 120 Å². The summed E-state index contributed by atoms with van der Waals surface area (Å²) in [6.45, 7) is 0. The summed E-state index contributed by atoms with van der Waals surface area (Å²) in [5, 5.41) is 0.735. The van der Waals surface area contributed by atoms with Gasteiger partial charge in [-0.05, 0) is 12.1 Å². The minimum atomic E-state index is 0.306. The number of rotatable bonds is 4. The number of halogens is 2. The second-order valence-corrected chi connectivity index (χ2v) is 4.27. The molecule has 1 aromatic carbocycles. The summed E-state index contributed by atoms with van der Waals surface area (Å²) in [5.74, 6) is 0.893. The average Bonchev–Trinajstić information content (AvgIpc) is 2.39. The highest BCUT2D eigenvalue weighted by atomic mass is 35.5. The molecule has 6 heteroatoms. The Kier molecular flexibility index (Phi) is 4.60. The summed E-state index contributed by atoms with van der Waals surface area (Å²) < 4.78 is 10.5. The smallest absolute Gasteiger partial charge is 0.223 e. The molecule has 1 heterocycles. The molecule has 98 valence electrons. The van der Waals surface area contributed by atoms with Crippen LogP contribution in [0.15, 0.2) is 42.9 Å². The highest BCUT2D eigenvalue weighted by molar-refractivity contribution is 6.48. The van der Waals surface area contributed by atoms with Gasteiger partial charge < -0.3 is 9.47 Å². The molecule has 19 heavy (non-hydrogen) atoms. The van der Waals surface area contributed by atoms with Gasteiger partial charge in [0.1, 0.15) is 23.5 Å². The molecule has 0 aliphatic heterocycles. The SMILES string of the molecule is CO/C=C(/Cl)c1ccccc1Oc1cc(Cl)ncn1. The molecule has 1 aromatic heterocycles. The Morgan fingerprint density at radius 1 is 1.26 bits per heavy atom. The maximum Gasteiger partial charge on any atom is 0.223 e. The number of aromatic nitrogens is 2. The zero-order valence-electron chi connectivity index (χ0n) is 10.0.